The lowest BCUT2D eigenvalue weighted by molar-refractivity contribution is 0.0945. The molecular formula is C18H16FN3O. The molecule has 2 aromatic carbocycles. The number of para-hydroxylation sites is 1. The first-order chi connectivity index (χ1) is 11.1. The number of rotatable bonds is 4. The van der Waals surface area contributed by atoms with E-state index in [1.54, 1.807) is 30.5 Å². The Morgan fingerprint density at radius 2 is 2.00 bits per heavy atom. The molecule has 0 saturated heterocycles. The number of halogens is 1. The summed E-state index contributed by atoms with van der Waals surface area (Å²) in [6.45, 7) is 2.43. The zero-order chi connectivity index (χ0) is 16.2. The summed E-state index contributed by atoms with van der Waals surface area (Å²) in [6, 6.07) is 15.8. The first kappa shape index (κ1) is 15.0. The van der Waals surface area contributed by atoms with E-state index < -0.39 is 0 Å². The number of nitrogens with zero attached hydrogens (tertiary/aromatic N) is 2. The molecule has 116 valence electrons. The fourth-order valence-corrected chi connectivity index (χ4v) is 2.31. The molecule has 3 aromatic rings. The van der Waals surface area contributed by atoms with Crippen molar-refractivity contribution < 1.29 is 9.18 Å². The minimum Gasteiger partial charge on any atom is -0.347 e. The Morgan fingerprint density at radius 1 is 1.17 bits per heavy atom. The summed E-state index contributed by atoms with van der Waals surface area (Å²) in [7, 11) is 0. The quantitative estimate of drug-likeness (QED) is 0.804. The Bertz CT molecular complexity index is 842. The van der Waals surface area contributed by atoms with Gasteiger partial charge in [0.1, 0.15) is 11.5 Å². The Balaban J connectivity index is 1.70. The zero-order valence-electron chi connectivity index (χ0n) is 12.7. The molecule has 23 heavy (non-hydrogen) atoms. The van der Waals surface area contributed by atoms with Crippen molar-refractivity contribution in [3.63, 3.8) is 0 Å². The monoisotopic (exact) mass is 309 g/mol. The lowest BCUT2D eigenvalue weighted by Gasteiger charge is -2.05. The number of carbonyl (C=O) groups is 1. The van der Waals surface area contributed by atoms with Crippen LogP contribution in [0.5, 0.6) is 0 Å². The molecule has 0 spiro atoms. The van der Waals surface area contributed by atoms with Gasteiger partial charge in [-0.15, -0.1) is 0 Å². The van der Waals surface area contributed by atoms with Crippen molar-refractivity contribution in [3.8, 4) is 5.69 Å². The van der Waals surface area contributed by atoms with Crippen molar-refractivity contribution in [1.82, 2.24) is 15.1 Å². The van der Waals surface area contributed by atoms with Gasteiger partial charge in [-0.2, -0.15) is 5.10 Å². The largest absolute Gasteiger partial charge is 0.347 e. The van der Waals surface area contributed by atoms with Gasteiger partial charge in [-0.3, -0.25) is 4.79 Å². The number of amides is 1. The van der Waals surface area contributed by atoms with Crippen molar-refractivity contribution in [3.05, 3.63) is 83.4 Å². The molecule has 0 radical (unpaired) electrons. The highest BCUT2D eigenvalue weighted by molar-refractivity contribution is 5.92. The molecule has 0 aliphatic heterocycles. The summed E-state index contributed by atoms with van der Waals surface area (Å²) in [6.07, 6.45) is 1.57. The summed E-state index contributed by atoms with van der Waals surface area (Å²) < 4.78 is 15.1. The molecule has 0 aliphatic carbocycles. The van der Waals surface area contributed by atoms with E-state index in [1.807, 2.05) is 31.2 Å². The van der Waals surface area contributed by atoms with Gasteiger partial charge in [-0.05, 0) is 30.7 Å². The van der Waals surface area contributed by atoms with Gasteiger partial charge in [0.25, 0.3) is 5.91 Å². The molecule has 5 heteroatoms. The standard InChI is InChI=1S/C18H16FN3O/c1-13-5-4-6-14(11-13)12-20-18(23)16-9-10-22(21-16)17-8-3-2-7-15(17)19/h2-11H,12H2,1H3,(H,20,23). The minimum absolute atomic E-state index is 0.251. The molecule has 3 rings (SSSR count). The topological polar surface area (TPSA) is 46.9 Å². The molecule has 1 aromatic heterocycles. The highest BCUT2D eigenvalue weighted by Gasteiger charge is 2.11. The van der Waals surface area contributed by atoms with Crippen LogP contribution in [0.3, 0.4) is 0 Å². The van der Waals surface area contributed by atoms with Gasteiger partial charge in [-0.25, -0.2) is 9.07 Å². The van der Waals surface area contributed by atoms with E-state index in [1.165, 1.54) is 10.7 Å². The number of nitrogens with one attached hydrogen (secondary N) is 1. The van der Waals surface area contributed by atoms with E-state index in [2.05, 4.69) is 10.4 Å². The Hall–Kier alpha value is -2.95. The number of aromatic nitrogens is 2. The smallest absolute Gasteiger partial charge is 0.272 e. The summed E-state index contributed by atoms with van der Waals surface area (Å²) >= 11 is 0. The molecule has 1 amide bonds. The van der Waals surface area contributed by atoms with Gasteiger partial charge in [0.15, 0.2) is 5.69 Å². The average Bonchev–Trinajstić information content (AvgIpc) is 3.03. The fraction of sp³-hybridized carbons (Fsp3) is 0.111. The van der Waals surface area contributed by atoms with Crippen molar-refractivity contribution in [2.24, 2.45) is 0 Å². The predicted octanol–water partition coefficient (Wildman–Crippen LogP) is 3.25. The van der Waals surface area contributed by atoms with Crippen LogP contribution in [0.15, 0.2) is 60.8 Å². The molecule has 1 N–H and O–H groups in total. The lowest BCUT2D eigenvalue weighted by Crippen LogP contribution is -2.23. The van der Waals surface area contributed by atoms with Crippen LogP contribution in [0.2, 0.25) is 0 Å². The SMILES string of the molecule is Cc1cccc(CNC(=O)c2ccn(-c3ccccc3F)n2)c1. The Kier molecular flexibility index (Phi) is 4.19. The molecule has 0 aliphatic rings. The van der Waals surface area contributed by atoms with E-state index >= 15 is 0 Å². The lowest BCUT2D eigenvalue weighted by atomic mass is 10.1. The Morgan fingerprint density at radius 3 is 2.78 bits per heavy atom. The van der Waals surface area contributed by atoms with E-state index in [9.17, 15) is 9.18 Å². The second-order valence-electron chi connectivity index (χ2n) is 5.27. The van der Waals surface area contributed by atoms with Crippen molar-refractivity contribution in [2.75, 3.05) is 0 Å². The Labute approximate surface area is 133 Å². The molecule has 0 bridgehead atoms. The summed E-state index contributed by atoms with van der Waals surface area (Å²) in [5.41, 5.74) is 2.72. The molecule has 0 fully saturated rings. The maximum absolute atomic E-state index is 13.7. The normalized spacial score (nSPS) is 10.5. The number of aryl methyl sites for hydroxylation is 1. The van der Waals surface area contributed by atoms with Gasteiger partial charge < -0.3 is 5.32 Å². The first-order valence-corrected chi connectivity index (χ1v) is 7.28. The third-order valence-electron chi connectivity index (χ3n) is 3.46. The van der Waals surface area contributed by atoms with Gasteiger partial charge in [0.05, 0.1) is 0 Å². The predicted molar refractivity (Wildman–Crippen MR) is 85.9 cm³/mol. The molecule has 0 unspecified atom stereocenters. The van der Waals surface area contributed by atoms with E-state index in [4.69, 9.17) is 0 Å². The van der Waals surface area contributed by atoms with Crippen LogP contribution < -0.4 is 5.32 Å². The molecular weight excluding hydrogens is 293 g/mol. The third-order valence-corrected chi connectivity index (χ3v) is 3.46. The van der Waals surface area contributed by atoms with Crippen LogP contribution in [0.25, 0.3) is 5.69 Å². The van der Waals surface area contributed by atoms with Gasteiger partial charge in [-0.1, -0.05) is 42.0 Å². The second kappa shape index (κ2) is 6.44. The van der Waals surface area contributed by atoms with Crippen LogP contribution in [0, 0.1) is 12.7 Å². The minimum atomic E-state index is -0.387. The number of hydrogen-bond donors (Lipinski definition) is 1. The summed E-state index contributed by atoms with van der Waals surface area (Å²) in [5, 5.41) is 6.95. The second-order valence-corrected chi connectivity index (χ2v) is 5.27. The molecule has 0 atom stereocenters. The van der Waals surface area contributed by atoms with Crippen LogP contribution in [-0.4, -0.2) is 15.7 Å². The number of carbonyl (C=O) groups excluding carboxylic acids is 1. The highest BCUT2D eigenvalue weighted by Crippen LogP contribution is 2.12. The van der Waals surface area contributed by atoms with Gasteiger partial charge >= 0.3 is 0 Å². The van der Waals surface area contributed by atoms with Crippen LogP contribution in [-0.2, 0) is 6.54 Å². The van der Waals surface area contributed by atoms with Crippen LogP contribution in [0.4, 0.5) is 4.39 Å². The third kappa shape index (κ3) is 3.45. The van der Waals surface area contributed by atoms with E-state index in [0.717, 1.165) is 11.1 Å². The maximum atomic E-state index is 13.7. The molecule has 0 saturated carbocycles. The van der Waals surface area contributed by atoms with E-state index in [0.29, 0.717) is 12.2 Å². The van der Waals surface area contributed by atoms with Crippen molar-refractivity contribution >= 4 is 5.91 Å². The van der Waals surface area contributed by atoms with E-state index in [-0.39, 0.29) is 17.4 Å². The molecule has 1 heterocycles. The molecule has 4 nitrogen and oxygen atoms in total. The summed E-state index contributed by atoms with van der Waals surface area (Å²) in [5.74, 6) is -0.677. The average molecular weight is 309 g/mol. The van der Waals surface area contributed by atoms with Crippen LogP contribution >= 0.6 is 0 Å². The first-order valence-electron chi connectivity index (χ1n) is 7.28. The summed E-state index contributed by atoms with van der Waals surface area (Å²) in [4.78, 5) is 12.2. The highest BCUT2D eigenvalue weighted by atomic mass is 19.1. The fourth-order valence-electron chi connectivity index (χ4n) is 2.31. The zero-order valence-corrected chi connectivity index (χ0v) is 12.7. The van der Waals surface area contributed by atoms with Crippen LogP contribution in [0.1, 0.15) is 21.6 Å². The van der Waals surface area contributed by atoms with Gasteiger partial charge in [0.2, 0.25) is 0 Å². The van der Waals surface area contributed by atoms with Crippen molar-refractivity contribution in [1.29, 1.82) is 0 Å². The maximum Gasteiger partial charge on any atom is 0.272 e. The number of hydrogen-bond acceptors (Lipinski definition) is 2. The van der Waals surface area contributed by atoms with Crippen molar-refractivity contribution in [2.45, 2.75) is 13.5 Å². The number of benzene rings is 2. The van der Waals surface area contributed by atoms with Gasteiger partial charge in [0, 0.05) is 12.7 Å².